The summed E-state index contributed by atoms with van der Waals surface area (Å²) < 4.78 is 20.8. The number of halogens is 1. The zero-order valence-electron chi connectivity index (χ0n) is 15.5. The summed E-state index contributed by atoms with van der Waals surface area (Å²) in [6, 6.07) is 7.96. The highest BCUT2D eigenvalue weighted by atomic mass is 19.1. The van der Waals surface area contributed by atoms with Crippen molar-refractivity contribution in [1.82, 2.24) is 24.4 Å². The van der Waals surface area contributed by atoms with Crippen LogP contribution >= 0.6 is 0 Å². The van der Waals surface area contributed by atoms with E-state index in [2.05, 4.69) is 19.9 Å². The van der Waals surface area contributed by atoms with Crippen LogP contribution in [0.2, 0.25) is 0 Å². The van der Waals surface area contributed by atoms with Crippen LogP contribution < -0.4 is 5.69 Å². The Hall–Kier alpha value is -2.84. The maximum absolute atomic E-state index is 13.3. The maximum Gasteiger partial charge on any atom is 0.345 e. The lowest BCUT2D eigenvalue weighted by atomic mass is 10.1. The number of hydrogen-bond acceptors (Lipinski definition) is 5. The van der Waals surface area contributed by atoms with Crippen molar-refractivity contribution < 1.29 is 9.13 Å². The fourth-order valence-corrected chi connectivity index (χ4v) is 3.45. The van der Waals surface area contributed by atoms with Crippen molar-refractivity contribution in [3.8, 4) is 22.6 Å². The van der Waals surface area contributed by atoms with Crippen molar-refractivity contribution in [3.05, 3.63) is 59.2 Å². The predicted molar refractivity (Wildman–Crippen MR) is 103 cm³/mol. The van der Waals surface area contributed by atoms with Crippen molar-refractivity contribution >= 4 is 0 Å². The number of rotatable bonds is 6. The minimum Gasteiger partial charge on any atom is -0.379 e. The number of nitrogens with one attached hydrogen (secondary N) is 1. The summed E-state index contributed by atoms with van der Waals surface area (Å²) in [5, 5.41) is 0. The summed E-state index contributed by atoms with van der Waals surface area (Å²) >= 11 is 0. The van der Waals surface area contributed by atoms with E-state index in [1.165, 1.54) is 18.3 Å². The standard InChI is InChI=1S/C20H22FN5O2/c21-16-4-2-15(3-5-16)18-19(17-6-7-22-20(27)24-17)26(14-23-18)9-1-8-25-10-12-28-13-11-25/h2-7,14H,1,8-13H2,(H,22,24,27). The normalized spacial score (nSPS) is 15.0. The molecule has 0 aliphatic carbocycles. The maximum atomic E-state index is 13.3. The highest BCUT2D eigenvalue weighted by Gasteiger charge is 2.17. The topological polar surface area (TPSA) is 76.0 Å². The molecule has 4 rings (SSSR count). The van der Waals surface area contributed by atoms with E-state index in [1.807, 2.05) is 4.57 Å². The molecule has 0 spiro atoms. The largest absolute Gasteiger partial charge is 0.379 e. The van der Waals surface area contributed by atoms with Gasteiger partial charge in [-0.15, -0.1) is 0 Å². The quantitative estimate of drug-likeness (QED) is 0.706. The Kier molecular flexibility index (Phi) is 5.59. The number of benzene rings is 1. The number of aromatic nitrogens is 4. The third-order valence-corrected chi connectivity index (χ3v) is 4.86. The lowest BCUT2D eigenvalue weighted by Gasteiger charge is -2.26. The average Bonchev–Trinajstić information content (AvgIpc) is 3.13. The smallest absolute Gasteiger partial charge is 0.345 e. The first-order valence-corrected chi connectivity index (χ1v) is 9.37. The molecule has 0 radical (unpaired) electrons. The SMILES string of the molecule is O=c1nccc(-c2c(-c3ccc(F)cc3)ncn2CCCN2CCOCC2)[nH]1. The van der Waals surface area contributed by atoms with Crippen LogP contribution in [0.25, 0.3) is 22.6 Å². The fourth-order valence-electron chi connectivity index (χ4n) is 3.45. The van der Waals surface area contributed by atoms with Crippen LogP contribution in [0.15, 0.2) is 47.7 Å². The van der Waals surface area contributed by atoms with E-state index in [0.29, 0.717) is 11.4 Å². The molecule has 1 fully saturated rings. The molecule has 0 saturated carbocycles. The van der Waals surface area contributed by atoms with Gasteiger partial charge in [0, 0.05) is 37.9 Å². The summed E-state index contributed by atoms with van der Waals surface area (Å²) in [6.45, 7) is 5.20. The second kappa shape index (κ2) is 8.45. The van der Waals surface area contributed by atoms with Crippen LogP contribution in [0, 0.1) is 5.82 Å². The lowest BCUT2D eigenvalue weighted by molar-refractivity contribution is 0.0369. The number of hydrogen-bond donors (Lipinski definition) is 1. The highest BCUT2D eigenvalue weighted by Crippen LogP contribution is 2.30. The number of nitrogens with zero attached hydrogens (tertiary/aromatic N) is 4. The minimum absolute atomic E-state index is 0.299. The molecule has 28 heavy (non-hydrogen) atoms. The van der Waals surface area contributed by atoms with E-state index < -0.39 is 5.69 Å². The van der Waals surface area contributed by atoms with Gasteiger partial charge in [-0.1, -0.05) is 0 Å². The van der Waals surface area contributed by atoms with Gasteiger partial charge in [0.1, 0.15) is 5.82 Å². The number of morpholine rings is 1. The molecule has 1 saturated heterocycles. The summed E-state index contributed by atoms with van der Waals surface area (Å²) in [6.07, 6.45) is 4.20. The minimum atomic E-state index is -0.413. The first-order valence-electron chi connectivity index (χ1n) is 9.37. The van der Waals surface area contributed by atoms with Crippen LogP contribution in [0.4, 0.5) is 4.39 Å². The molecule has 1 aliphatic heterocycles. The van der Waals surface area contributed by atoms with Crippen molar-refractivity contribution in [1.29, 1.82) is 0 Å². The van der Waals surface area contributed by atoms with Gasteiger partial charge in [0.2, 0.25) is 0 Å². The van der Waals surface area contributed by atoms with Gasteiger partial charge in [0.05, 0.1) is 36.6 Å². The predicted octanol–water partition coefficient (Wildman–Crippen LogP) is 2.16. The molecule has 0 atom stereocenters. The van der Waals surface area contributed by atoms with E-state index in [-0.39, 0.29) is 5.82 Å². The Morgan fingerprint density at radius 3 is 2.61 bits per heavy atom. The second-order valence-electron chi connectivity index (χ2n) is 6.74. The Bertz CT molecular complexity index is 977. The molecular formula is C20H22FN5O2. The summed E-state index contributed by atoms with van der Waals surface area (Å²) in [4.78, 5) is 25.2. The molecule has 7 nitrogen and oxygen atoms in total. The number of H-pyrrole nitrogens is 1. The third kappa shape index (κ3) is 4.18. The Morgan fingerprint density at radius 1 is 1.07 bits per heavy atom. The summed E-state index contributed by atoms with van der Waals surface area (Å²) in [5.41, 5.74) is 2.52. The molecule has 146 valence electrons. The molecule has 3 aromatic rings. The molecule has 0 unspecified atom stereocenters. The number of ether oxygens (including phenoxy) is 1. The molecule has 8 heteroatoms. The Morgan fingerprint density at radius 2 is 1.86 bits per heavy atom. The van der Waals surface area contributed by atoms with Gasteiger partial charge in [-0.3, -0.25) is 4.90 Å². The van der Waals surface area contributed by atoms with Crippen molar-refractivity contribution in [2.45, 2.75) is 13.0 Å². The molecular weight excluding hydrogens is 361 g/mol. The third-order valence-electron chi connectivity index (χ3n) is 4.86. The number of aromatic amines is 1. The first-order chi connectivity index (χ1) is 13.7. The number of imidazole rings is 1. The molecule has 0 bridgehead atoms. The van der Waals surface area contributed by atoms with E-state index in [0.717, 1.165) is 57.1 Å². The van der Waals surface area contributed by atoms with Gasteiger partial charge in [-0.05, 0) is 36.8 Å². The van der Waals surface area contributed by atoms with Gasteiger partial charge in [0.25, 0.3) is 0 Å². The summed E-state index contributed by atoms with van der Waals surface area (Å²) in [7, 11) is 0. The van der Waals surface area contributed by atoms with Crippen LogP contribution in [-0.2, 0) is 11.3 Å². The van der Waals surface area contributed by atoms with Gasteiger partial charge in [-0.25, -0.2) is 19.2 Å². The average molecular weight is 383 g/mol. The molecule has 2 aromatic heterocycles. The van der Waals surface area contributed by atoms with Gasteiger partial charge < -0.3 is 14.3 Å². The van der Waals surface area contributed by atoms with Gasteiger partial charge in [0.15, 0.2) is 0 Å². The van der Waals surface area contributed by atoms with Gasteiger partial charge in [-0.2, -0.15) is 0 Å². The van der Waals surface area contributed by atoms with E-state index >= 15 is 0 Å². The van der Waals surface area contributed by atoms with Gasteiger partial charge >= 0.3 is 5.69 Å². The monoisotopic (exact) mass is 383 g/mol. The van der Waals surface area contributed by atoms with Crippen LogP contribution in [-0.4, -0.2) is 57.3 Å². The van der Waals surface area contributed by atoms with E-state index in [9.17, 15) is 9.18 Å². The van der Waals surface area contributed by atoms with Crippen LogP contribution in [0.3, 0.4) is 0 Å². The van der Waals surface area contributed by atoms with E-state index in [1.54, 1.807) is 24.5 Å². The Balaban J connectivity index is 1.62. The molecule has 3 heterocycles. The highest BCUT2D eigenvalue weighted by molar-refractivity contribution is 5.76. The number of aryl methyl sites for hydroxylation is 1. The van der Waals surface area contributed by atoms with Crippen molar-refractivity contribution in [2.24, 2.45) is 0 Å². The lowest BCUT2D eigenvalue weighted by Crippen LogP contribution is -2.37. The van der Waals surface area contributed by atoms with Crippen LogP contribution in [0.5, 0.6) is 0 Å². The first kappa shape index (κ1) is 18.5. The fraction of sp³-hybridized carbons (Fsp3) is 0.350. The second-order valence-corrected chi connectivity index (χ2v) is 6.74. The zero-order chi connectivity index (χ0) is 19.3. The zero-order valence-corrected chi connectivity index (χ0v) is 15.5. The molecule has 1 aromatic carbocycles. The summed E-state index contributed by atoms with van der Waals surface area (Å²) in [5.74, 6) is -0.299. The molecule has 1 aliphatic rings. The molecule has 1 N–H and O–H groups in total. The molecule has 0 amide bonds. The van der Waals surface area contributed by atoms with E-state index in [4.69, 9.17) is 4.74 Å². The van der Waals surface area contributed by atoms with Crippen molar-refractivity contribution in [2.75, 3.05) is 32.8 Å². The van der Waals surface area contributed by atoms with Crippen molar-refractivity contribution in [3.63, 3.8) is 0 Å². The van der Waals surface area contributed by atoms with Crippen LogP contribution in [0.1, 0.15) is 6.42 Å². The Labute approximate surface area is 161 Å².